The summed E-state index contributed by atoms with van der Waals surface area (Å²) in [5, 5.41) is 0.664. The highest BCUT2D eigenvalue weighted by Gasteiger charge is 2.55. The predicted molar refractivity (Wildman–Crippen MR) is 117 cm³/mol. The summed E-state index contributed by atoms with van der Waals surface area (Å²) in [7, 11) is 0. The number of hydrogen-bond acceptors (Lipinski definition) is 4. The van der Waals surface area contributed by atoms with Crippen LogP contribution >= 0.6 is 11.6 Å². The number of anilines is 1. The molecule has 1 amide bonds. The first-order valence-electron chi connectivity index (χ1n) is 9.95. The molecule has 0 radical (unpaired) electrons. The Kier molecular flexibility index (Phi) is 5.47. The van der Waals surface area contributed by atoms with Crippen molar-refractivity contribution in [3.8, 4) is 0 Å². The van der Waals surface area contributed by atoms with Gasteiger partial charge in [-0.2, -0.15) is 0 Å². The molecule has 0 spiro atoms. The number of carbonyl (C=O) groups excluding carboxylic acids is 1. The van der Waals surface area contributed by atoms with Crippen LogP contribution in [0.2, 0.25) is 5.02 Å². The first-order chi connectivity index (χ1) is 13.9. The van der Waals surface area contributed by atoms with Crippen LogP contribution in [0, 0.1) is 12.3 Å². The number of amidine groups is 1. The number of carbonyl (C=O) groups is 1. The zero-order valence-electron chi connectivity index (χ0n) is 17.1. The van der Waals surface area contributed by atoms with Gasteiger partial charge in [-0.3, -0.25) is 14.6 Å². The molecule has 2 heterocycles. The van der Waals surface area contributed by atoms with E-state index in [0.717, 1.165) is 35.9 Å². The lowest BCUT2D eigenvalue weighted by Gasteiger charge is -2.37. The van der Waals surface area contributed by atoms with E-state index in [1.54, 1.807) is 4.90 Å². The summed E-state index contributed by atoms with van der Waals surface area (Å²) in [5.41, 5.74) is 2.18. The third-order valence-electron chi connectivity index (χ3n) is 5.68. The normalized spacial score (nSPS) is 23.7. The number of nitrogens with zero attached hydrogens (tertiary/aromatic N) is 3. The van der Waals surface area contributed by atoms with E-state index in [-0.39, 0.29) is 11.9 Å². The molecule has 0 aromatic heterocycles. The molecule has 29 heavy (non-hydrogen) atoms. The van der Waals surface area contributed by atoms with E-state index < -0.39 is 5.41 Å². The summed E-state index contributed by atoms with van der Waals surface area (Å²) in [5.74, 6) is 0.818. The molecule has 2 aliphatic rings. The Bertz CT molecular complexity index is 916. The molecule has 2 saturated heterocycles. The van der Waals surface area contributed by atoms with Gasteiger partial charge in [0.05, 0.1) is 36.0 Å². The zero-order chi connectivity index (χ0) is 20.6. The van der Waals surface area contributed by atoms with E-state index in [9.17, 15) is 4.79 Å². The molecule has 0 saturated carbocycles. The molecule has 5 nitrogen and oxygen atoms in total. The lowest BCUT2D eigenvalue weighted by Crippen LogP contribution is -2.52. The van der Waals surface area contributed by atoms with Gasteiger partial charge in [0.2, 0.25) is 5.91 Å². The second-order valence-corrected chi connectivity index (χ2v) is 8.63. The average molecular weight is 412 g/mol. The topological polar surface area (TPSA) is 45.1 Å². The Hall–Kier alpha value is -2.21. The Labute approximate surface area is 176 Å². The largest absolute Gasteiger partial charge is 0.379 e. The average Bonchev–Trinajstić information content (AvgIpc) is 2.90. The number of amides is 1. The van der Waals surface area contributed by atoms with Crippen molar-refractivity contribution < 1.29 is 9.53 Å². The first-order valence-corrected chi connectivity index (χ1v) is 10.3. The Balaban J connectivity index is 1.84. The minimum atomic E-state index is -0.604. The van der Waals surface area contributed by atoms with Crippen molar-refractivity contribution in [1.82, 2.24) is 4.90 Å². The van der Waals surface area contributed by atoms with Gasteiger partial charge in [-0.15, -0.1) is 0 Å². The van der Waals surface area contributed by atoms with E-state index >= 15 is 0 Å². The maximum absolute atomic E-state index is 13.6. The van der Waals surface area contributed by atoms with Gasteiger partial charge in [-0.25, -0.2) is 4.99 Å². The Morgan fingerprint density at radius 2 is 1.66 bits per heavy atom. The van der Waals surface area contributed by atoms with Crippen LogP contribution < -0.4 is 4.90 Å². The van der Waals surface area contributed by atoms with Gasteiger partial charge in [0.25, 0.3) is 0 Å². The van der Waals surface area contributed by atoms with E-state index in [4.69, 9.17) is 21.3 Å². The maximum Gasteiger partial charge on any atom is 0.240 e. The van der Waals surface area contributed by atoms with Gasteiger partial charge in [0, 0.05) is 18.1 Å². The number of halogens is 1. The van der Waals surface area contributed by atoms with Crippen LogP contribution in [0.3, 0.4) is 0 Å². The number of aryl methyl sites for hydroxylation is 1. The molecule has 4 rings (SSSR count). The third-order valence-corrected chi connectivity index (χ3v) is 5.94. The van der Waals surface area contributed by atoms with Gasteiger partial charge in [0.15, 0.2) is 0 Å². The van der Waals surface area contributed by atoms with Crippen molar-refractivity contribution in [2.75, 3.05) is 31.2 Å². The molecular weight excluding hydrogens is 386 g/mol. The molecule has 0 N–H and O–H groups in total. The number of hydrogen-bond donors (Lipinski definition) is 0. The maximum atomic E-state index is 13.6. The van der Waals surface area contributed by atoms with Gasteiger partial charge in [-0.05, 0) is 57.2 Å². The summed E-state index contributed by atoms with van der Waals surface area (Å²) in [6, 6.07) is 15.3. The number of aliphatic imine (C=N–C) groups is 1. The van der Waals surface area contributed by atoms with Gasteiger partial charge >= 0.3 is 0 Å². The second-order valence-electron chi connectivity index (χ2n) is 8.20. The van der Waals surface area contributed by atoms with Crippen LogP contribution in [0.5, 0.6) is 0 Å². The van der Waals surface area contributed by atoms with Crippen LogP contribution in [-0.4, -0.2) is 49.0 Å². The SMILES string of the molecule is Cc1ccc(N2C(=O)C(C)(C)C(N3CCOCC3)C2=Nc2ccc(Cl)cc2)cc1. The third kappa shape index (κ3) is 3.82. The molecular formula is C23H26ClN3O2. The molecule has 0 aliphatic carbocycles. The Morgan fingerprint density at radius 1 is 1.03 bits per heavy atom. The van der Waals surface area contributed by atoms with Crippen LogP contribution in [-0.2, 0) is 9.53 Å². The lowest BCUT2D eigenvalue weighted by molar-refractivity contribution is -0.126. The van der Waals surface area contributed by atoms with Gasteiger partial charge in [0.1, 0.15) is 5.84 Å². The molecule has 6 heteroatoms. The summed E-state index contributed by atoms with van der Waals surface area (Å²) in [6.07, 6.45) is 0. The molecule has 2 aromatic carbocycles. The number of ether oxygens (including phenoxy) is 1. The number of benzene rings is 2. The van der Waals surface area contributed by atoms with E-state index in [0.29, 0.717) is 18.2 Å². The predicted octanol–water partition coefficient (Wildman–Crippen LogP) is 4.45. The highest BCUT2D eigenvalue weighted by atomic mass is 35.5. The lowest BCUT2D eigenvalue weighted by atomic mass is 9.85. The summed E-state index contributed by atoms with van der Waals surface area (Å²) >= 11 is 6.05. The summed E-state index contributed by atoms with van der Waals surface area (Å²) in [6.45, 7) is 8.96. The fourth-order valence-corrected chi connectivity index (χ4v) is 4.24. The minimum absolute atomic E-state index is 0.0607. The van der Waals surface area contributed by atoms with Crippen LogP contribution in [0.15, 0.2) is 53.5 Å². The second kappa shape index (κ2) is 7.90. The molecule has 1 unspecified atom stereocenters. The Morgan fingerprint density at radius 3 is 2.28 bits per heavy atom. The summed E-state index contributed by atoms with van der Waals surface area (Å²) < 4.78 is 5.55. The fourth-order valence-electron chi connectivity index (χ4n) is 4.11. The van der Waals surface area contributed by atoms with Crippen molar-refractivity contribution in [3.63, 3.8) is 0 Å². The highest BCUT2D eigenvalue weighted by molar-refractivity contribution is 6.30. The van der Waals surface area contributed by atoms with Crippen molar-refractivity contribution >= 4 is 34.7 Å². The quantitative estimate of drug-likeness (QED) is 0.749. The van der Waals surface area contributed by atoms with Crippen molar-refractivity contribution in [2.45, 2.75) is 26.8 Å². The fraction of sp³-hybridized carbons (Fsp3) is 0.391. The van der Waals surface area contributed by atoms with Crippen LogP contribution in [0.25, 0.3) is 0 Å². The van der Waals surface area contributed by atoms with Crippen molar-refractivity contribution in [3.05, 3.63) is 59.1 Å². The first kappa shape index (κ1) is 20.1. The van der Waals surface area contributed by atoms with Crippen LogP contribution in [0.1, 0.15) is 19.4 Å². The molecule has 2 aliphatic heterocycles. The zero-order valence-corrected chi connectivity index (χ0v) is 17.8. The van der Waals surface area contributed by atoms with E-state index in [1.807, 2.05) is 69.3 Å². The molecule has 152 valence electrons. The molecule has 0 bridgehead atoms. The molecule has 2 fully saturated rings. The van der Waals surface area contributed by atoms with Crippen molar-refractivity contribution in [1.29, 1.82) is 0 Å². The standard InChI is InChI=1S/C23H26ClN3O2/c1-16-4-10-19(11-5-16)27-21(25-18-8-6-17(24)7-9-18)20(23(2,3)22(27)28)26-12-14-29-15-13-26/h4-11,20H,12-15H2,1-3H3. The smallest absolute Gasteiger partial charge is 0.240 e. The van der Waals surface area contributed by atoms with E-state index in [2.05, 4.69) is 4.90 Å². The highest BCUT2D eigenvalue weighted by Crippen LogP contribution is 2.40. The monoisotopic (exact) mass is 411 g/mol. The summed E-state index contributed by atoms with van der Waals surface area (Å²) in [4.78, 5) is 22.7. The van der Waals surface area contributed by atoms with E-state index in [1.165, 1.54) is 0 Å². The van der Waals surface area contributed by atoms with Crippen LogP contribution in [0.4, 0.5) is 11.4 Å². The van der Waals surface area contributed by atoms with Crippen molar-refractivity contribution in [2.24, 2.45) is 10.4 Å². The number of morpholine rings is 1. The van der Waals surface area contributed by atoms with Gasteiger partial charge in [-0.1, -0.05) is 29.3 Å². The molecule has 1 atom stereocenters. The number of rotatable bonds is 3. The van der Waals surface area contributed by atoms with Gasteiger partial charge < -0.3 is 4.74 Å². The molecule has 2 aromatic rings. The minimum Gasteiger partial charge on any atom is -0.379 e.